The van der Waals surface area contributed by atoms with Gasteiger partial charge in [0.2, 0.25) is 5.91 Å². The normalized spacial score (nSPS) is 26.5. The number of hydrogen-bond acceptors (Lipinski definition) is 5. The van der Waals surface area contributed by atoms with Crippen molar-refractivity contribution in [1.29, 1.82) is 0 Å². The van der Waals surface area contributed by atoms with E-state index in [2.05, 4.69) is 15.1 Å². The Hall–Kier alpha value is -1.44. The van der Waals surface area contributed by atoms with Gasteiger partial charge in [0.05, 0.1) is 17.2 Å². The minimum Gasteiger partial charge on any atom is -0.389 e. The second-order valence-electron chi connectivity index (χ2n) is 7.47. The molecule has 7 heteroatoms. The summed E-state index contributed by atoms with van der Waals surface area (Å²) in [6.45, 7) is 7.99. The first-order valence-corrected chi connectivity index (χ1v) is 8.78. The molecule has 0 aliphatic carbocycles. The van der Waals surface area contributed by atoms with E-state index >= 15 is 0 Å². The summed E-state index contributed by atoms with van der Waals surface area (Å²) in [6.07, 6.45) is 3.25. The van der Waals surface area contributed by atoms with Gasteiger partial charge < -0.3 is 14.7 Å². The summed E-state index contributed by atoms with van der Waals surface area (Å²) < 4.78 is 5.87. The van der Waals surface area contributed by atoms with Crippen LogP contribution in [0.25, 0.3) is 0 Å². The van der Waals surface area contributed by atoms with Crippen LogP contribution < -0.4 is 0 Å². The van der Waals surface area contributed by atoms with Gasteiger partial charge in [0.15, 0.2) is 0 Å². The van der Waals surface area contributed by atoms with E-state index in [1.165, 1.54) is 0 Å². The van der Waals surface area contributed by atoms with Gasteiger partial charge in [-0.15, -0.1) is 0 Å². The van der Waals surface area contributed by atoms with Crippen molar-refractivity contribution in [1.82, 2.24) is 20.0 Å². The third kappa shape index (κ3) is 4.15. The van der Waals surface area contributed by atoms with Crippen LogP contribution in [0.15, 0.2) is 12.3 Å². The van der Waals surface area contributed by atoms with Crippen molar-refractivity contribution in [3.8, 4) is 0 Å². The number of carbonyl (C=O) groups is 1. The van der Waals surface area contributed by atoms with Crippen molar-refractivity contribution in [2.45, 2.75) is 38.4 Å². The van der Waals surface area contributed by atoms with Gasteiger partial charge in [0, 0.05) is 45.5 Å². The Bertz CT molecular complexity index is 533. The first-order valence-electron chi connectivity index (χ1n) is 8.78. The van der Waals surface area contributed by atoms with Gasteiger partial charge in [-0.3, -0.25) is 14.8 Å². The summed E-state index contributed by atoms with van der Waals surface area (Å²) in [7, 11) is 0. The quantitative estimate of drug-likeness (QED) is 0.850. The van der Waals surface area contributed by atoms with Gasteiger partial charge in [0.25, 0.3) is 0 Å². The highest BCUT2D eigenvalue weighted by atomic mass is 16.5. The van der Waals surface area contributed by atoms with Gasteiger partial charge >= 0.3 is 0 Å². The molecule has 3 heterocycles. The number of hydrogen-bond donors (Lipinski definition) is 2. The molecule has 0 unspecified atom stereocenters. The fourth-order valence-electron chi connectivity index (χ4n) is 3.67. The lowest BCUT2D eigenvalue weighted by Gasteiger charge is -2.40. The van der Waals surface area contributed by atoms with Crippen LogP contribution in [0.5, 0.6) is 0 Å². The fraction of sp³-hybridized carbons (Fsp3) is 0.765. The molecule has 1 amide bonds. The largest absolute Gasteiger partial charge is 0.389 e. The Morgan fingerprint density at radius 1 is 1.42 bits per heavy atom. The first-order chi connectivity index (χ1) is 11.4. The minimum atomic E-state index is -0.699. The molecule has 2 aliphatic heterocycles. The molecule has 0 spiro atoms. The number of aromatic amines is 1. The van der Waals surface area contributed by atoms with Crippen molar-refractivity contribution in [3.63, 3.8) is 0 Å². The molecule has 0 bridgehead atoms. The van der Waals surface area contributed by atoms with Crippen LogP contribution >= 0.6 is 0 Å². The average Bonchev–Trinajstić information content (AvgIpc) is 3.08. The number of piperazine rings is 1. The molecule has 1 aromatic rings. The standard InChI is InChI=1S/C17H28N4O3/c1-17(2,23)12-20-7-9-21(10-8-20)16(22)13-4-3-11-24-15(13)14-5-6-18-19-14/h5-6,13,15,23H,3-4,7-12H2,1-2H3,(H,18,19)/t13-,15-/m1/s1. The summed E-state index contributed by atoms with van der Waals surface area (Å²) in [4.78, 5) is 17.2. The summed E-state index contributed by atoms with van der Waals surface area (Å²) >= 11 is 0. The van der Waals surface area contributed by atoms with Crippen LogP contribution in [0, 0.1) is 5.92 Å². The molecular formula is C17H28N4O3. The molecule has 1 aromatic heterocycles. The maximum absolute atomic E-state index is 13.0. The number of nitrogens with zero attached hydrogens (tertiary/aromatic N) is 3. The summed E-state index contributed by atoms with van der Waals surface area (Å²) in [5, 5.41) is 16.9. The number of nitrogens with one attached hydrogen (secondary N) is 1. The molecule has 2 saturated heterocycles. The lowest BCUT2D eigenvalue weighted by molar-refractivity contribution is -0.147. The van der Waals surface area contributed by atoms with Crippen LogP contribution in [-0.4, -0.2) is 75.9 Å². The summed E-state index contributed by atoms with van der Waals surface area (Å²) in [5.74, 6) is 0.0391. The number of rotatable bonds is 4. The predicted octanol–water partition coefficient (Wildman–Crippen LogP) is 0.792. The van der Waals surface area contributed by atoms with Gasteiger partial charge in [0.1, 0.15) is 6.10 Å². The Balaban J connectivity index is 1.60. The lowest BCUT2D eigenvalue weighted by atomic mass is 9.90. The zero-order chi connectivity index (χ0) is 17.2. The molecule has 7 nitrogen and oxygen atoms in total. The fourth-order valence-corrected chi connectivity index (χ4v) is 3.67. The molecule has 0 aromatic carbocycles. The van der Waals surface area contributed by atoms with E-state index in [9.17, 15) is 9.90 Å². The second kappa shape index (κ2) is 7.21. The number of aromatic nitrogens is 2. The van der Waals surface area contributed by atoms with E-state index < -0.39 is 5.60 Å². The second-order valence-corrected chi connectivity index (χ2v) is 7.47. The Morgan fingerprint density at radius 2 is 2.17 bits per heavy atom. The van der Waals surface area contributed by atoms with E-state index in [4.69, 9.17) is 4.74 Å². The summed E-state index contributed by atoms with van der Waals surface area (Å²) in [5.41, 5.74) is 0.184. The highest BCUT2D eigenvalue weighted by Crippen LogP contribution is 2.34. The van der Waals surface area contributed by atoms with Crippen LogP contribution in [0.3, 0.4) is 0 Å². The van der Waals surface area contributed by atoms with Crippen LogP contribution in [-0.2, 0) is 9.53 Å². The number of aliphatic hydroxyl groups is 1. The molecular weight excluding hydrogens is 308 g/mol. The Morgan fingerprint density at radius 3 is 2.79 bits per heavy atom. The van der Waals surface area contributed by atoms with Crippen molar-refractivity contribution in [2.24, 2.45) is 5.92 Å². The van der Waals surface area contributed by atoms with E-state index in [-0.39, 0.29) is 17.9 Å². The van der Waals surface area contributed by atoms with Crippen molar-refractivity contribution < 1.29 is 14.6 Å². The maximum atomic E-state index is 13.0. The number of ether oxygens (including phenoxy) is 1. The van der Waals surface area contributed by atoms with Crippen molar-refractivity contribution in [3.05, 3.63) is 18.0 Å². The van der Waals surface area contributed by atoms with E-state index in [1.54, 1.807) is 6.20 Å². The third-order valence-electron chi connectivity index (χ3n) is 4.76. The molecule has 134 valence electrons. The monoisotopic (exact) mass is 336 g/mol. The number of H-pyrrole nitrogens is 1. The number of amides is 1. The Labute approximate surface area is 143 Å². The highest BCUT2D eigenvalue weighted by Gasteiger charge is 2.37. The smallest absolute Gasteiger partial charge is 0.228 e. The zero-order valence-electron chi connectivity index (χ0n) is 14.6. The van der Waals surface area contributed by atoms with Gasteiger partial charge in [-0.05, 0) is 32.8 Å². The van der Waals surface area contributed by atoms with Crippen LogP contribution in [0.4, 0.5) is 0 Å². The van der Waals surface area contributed by atoms with Crippen LogP contribution in [0.2, 0.25) is 0 Å². The van der Waals surface area contributed by atoms with Crippen molar-refractivity contribution >= 4 is 5.91 Å². The molecule has 2 fully saturated rings. The van der Waals surface area contributed by atoms with Gasteiger partial charge in [-0.1, -0.05) is 0 Å². The average molecular weight is 336 g/mol. The zero-order valence-corrected chi connectivity index (χ0v) is 14.6. The topological polar surface area (TPSA) is 81.7 Å². The van der Waals surface area contributed by atoms with Crippen LogP contribution in [0.1, 0.15) is 38.5 Å². The molecule has 3 rings (SSSR count). The number of carbonyl (C=O) groups excluding carboxylic acids is 1. The molecule has 0 saturated carbocycles. The third-order valence-corrected chi connectivity index (χ3v) is 4.76. The SMILES string of the molecule is CC(C)(O)CN1CCN(C(=O)[C@@H]2CCCO[C@H]2c2ccn[nH]2)CC1. The first kappa shape index (κ1) is 17.4. The van der Waals surface area contributed by atoms with E-state index in [0.717, 1.165) is 31.6 Å². The molecule has 0 radical (unpaired) electrons. The summed E-state index contributed by atoms with van der Waals surface area (Å²) in [6, 6.07) is 1.89. The predicted molar refractivity (Wildman–Crippen MR) is 89.3 cm³/mol. The Kier molecular flexibility index (Phi) is 5.22. The molecule has 2 atom stereocenters. The minimum absolute atomic E-state index is 0.139. The van der Waals surface area contributed by atoms with Gasteiger partial charge in [-0.25, -0.2) is 0 Å². The molecule has 24 heavy (non-hydrogen) atoms. The van der Waals surface area contributed by atoms with Gasteiger partial charge in [-0.2, -0.15) is 5.10 Å². The maximum Gasteiger partial charge on any atom is 0.228 e. The number of β-amino-alcohol motifs (C(OH)–C–C–N with tert-alkyl or cyclic N) is 1. The van der Waals surface area contributed by atoms with Crippen molar-refractivity contribution in [2.75, 3.05) is 39.3 Å². The highest BCUT2D eigenvalue weighted by molar-refractivity contribution is 5.79. The lowest BCUT2D eigenvalue weighted by Crippen LogP contribution is -2.53. The molecule has 2 aliphatic rings. The van der Waals surface area contributed by atoms with E-state index in [1.807, 2.05) is 24.8 Å². The van der Waals surface area contributed by atoms with E-state index in [0.29, 0.717) is 26.2 Å². The molecule has 2 N–H and O–H groups in total.